The van der Waals surface area contributed by atoms with Gasteiger partial charge in [0, 0.05) is 16.2 Å². The third-order valence-corrected chi connectivity index (χ3v) is 3.01. The molecule has 1 saturated heterocycles. The molecule has 0 aromatic carbocycles. The molecule has 0 saturated carbocycles. The number of rotatable bonds is 1. The fourth-order valence-electron chi connectivity index (χ4n) is 1.86. The van der Waals surface area contributed by atoms with Crippen LogP contribution in [0.4, 0.5) is 4.39 Å². The van der Waals surface area contributed by atoms with Crippen molar-refractivity contribution in [3.8, 4) is 0 Å². The Bertz CT molecular complexity index is 388. The van der Waals surface area contributed by atoms with Crippen molar-refractivity contribution in [3.63, 3.8) is 0 Å². The summed E-state index contributed by atoms with van der Waals surface area (Å²) in [5.41, 5.74) is 2.90. The van der Waals surface area contributed by atoms with Gasteiger partial charge in [-0.15, -0.1) is 0 Å². The van der Waals surface area contributed by atoms with Crippen molar-refractivity contribution in [3.05, 3.63) is 28.2 Å². The number of hydroxylamine groups is 1. The van der Waals surface area contributed by atoms with Crippen LogP contribution in [0.25, 0.3) is 0 Å². The molecular formula is C10H12BrFN2O. The second-order valence-corrected chi connectivity index (χ2v) is 4.97. The minimum Gasteiger partial charge on any atom is -0.298 e. The Kier molecular flexibility index (Phi) is 2.79. The number of nitrogens with zero attached hydrogens (tertiary/aromatic N) is 1. The van der Waals surface area contributed by atoms with Gasteiger partial charge in [0.1, 0.15) is 0 Å². The van der Waals surface area contributed by atoms with Crippen LogP contribution in [0.3, 0.4) is 0 Å². The molecule has 5 heteroatoms. The highest BCUT2D eigenvalue weighted by Gasteiger charge is 2.38. The van der Waals surface area contributed by atoms with Gasteiger partial charge in [0.15, 0.2) is 0 Å². The number of nitrogens with one attached hydrogen (secondary N) is 1. The van der Waals surface area contributed by atoms with E-state index in [4.69, 9.17) is 4.84 Å². The summed E-state index contributed by atoms with van der Waals surface area (Å²) in [7, 11) is 0. The smallest absolute Gasteiger partial charge is 0.218 e. The lowest BCUT2D eigenvalue weighted by atomic mass is 9.89. The normalized spacial score (nSPS) is 30.8. The Balaban J connectivity index is 2.40. The minimum atomic E-state index is -0.500. The predicted molar refractivity (Wildman–Crippen MR) is 57.5 cm³/mol. The van der Waals surface area contributed by atoms with E-state index < -0.39 is 11.5 Å². The van der Waals surface area contributed by atoms with Crippen molar-refractivity contribution >= 4 is 15.9 Å². The van der Waals surface area contributed by atoms with Crippen molar-refractivity contribution in [2.24, 2.45) is 0 Å². The maximum absolute atomic E-state index is 13.6. The first-order chi connectivity index (χ1) is 7.01. The van der Waals surface area contributed by atoms with E-state index in [9.17, 15) is 4.39 Å². The molecule has 0 unspecified atom stereocenters. The van der Waals surface area contributed by atoms with Crippen molar-refractivity contribution in [1.29, 1.82) is 0 Å². The fourth-order valence-corrected chi connectivity index (χ4v) is 2.19. The van der Waals surface area contributed by atoms with Gasteiger partial charge in [0.2, 0.25) is 5.95 Å². The van der Waals surface area contributed by atoms with Crippen molar-refractivity contribution in [1.82, 2.24) is 10.5 Å². The Morgan fingerprint density at radius 1 is 1.73 bits per heavy atom. The van der Waals surface area contributed by atoms with Crippen LogP contribution in [0.5, 0.6) is 0 Å². The summed E-state index contributed by atoms with van der Waals surface area (Å²) in [6.07, 6.45) is 2.25. The molecule has 1 N–H and O–H groups in total. The van der Waals surface area contributed by atoms with Crippen LogP contribution in [-0.2, 0) is 10.4 Å². The van der Waals surface area contributed by atoms with Crippen LogP contribution in [0.1, 0.15) is 25.8 Å². The van der Waals surface area contributed by atoms with E-state index in [2.05, 4.69) is 26.4 Å². The van der Waals surface area contributed by atoms with E-state index in [1.807, 2.05) is 13.8 Å². The van der Waals surface area contributed by atoms with Gasteiger partial charge in [-0.1, -0.05) is 0 Å². The highest BCUT2D eigenvalue weighted by atomic mass is 79.9. The number of pyridine rings is 1. The van der Waals surface area contributed by atoms with Gasteiger partial charge < -0.3 is 0 Å². The van der Waals surface area contributed by atoms with Crippen LogP contribution in [0, 0.1) is 5.95 Å². The summed E-state index contributed by atoms with van der Waals surface area (Å²) >= 11 is 3.28. The van der Waals surface area contributed by atoms with Crippen LogP contribution in [0.2, 0.25) is 0 Å². The Morgan fingerprint density at radius 3 is 3.07 bits per heavy atom. The molecule has 1 aromatic heterocycles. The van der Waals surface area contributed by atoms with E-state index in [0.717, 1.165) is 10.9 Å². The van der Waals surface area contributed by atoms with E-state index in [1.165, 1.54) is 6.20 Å². The van der Waals surface area contributed by atoms with Gasteiger partial charge in [-0.05, 0) is 42.3 Å². The van der Waals surface area contributed by atoms with Gasteiger partial charge in [-0.25, -0.2) is 4.98 Å². The highest BCUT2D eigenvalue weighted by molar-refractivity contribution is 9.10. The maximum Gasteiger partial charge on any atom is 0.218 e. The van der Waals surface area contributed by atoms with Gasteiger partial charge in [-0.2, -0.15) is 9.87 Å². The van der Waals surface area contributed by atoms with Crippen molar-refractivity contribution in [2.75, 3.05) is 0 Å². The minimum absolute atomic E-state index is 0.0772. The van der Waals surface area contributed by atoms with Crippen LogP contribution in [0.15, 0.2) is 16.7 Å². The van der Waals surface area contributed by atoms with Gasteiger partial charge >= 0.3 is 0 Å². The summed E-state index contributed by atoms with van der Waals surface area (Å²) in [4.78, 5) is 8.94. The van der Waals surface area contributed by atoms with Gasteiger partial charge in [0.05, 0.1) is 11.6 Å². The fraction of sp³-hybridized carbons (Fsp3) is 0.500. The lowest BCUT2D eigenvalue weighted by Crippen LogP contribution is -2.33. The highest BCUT2D eigenvalue weighted by Crippen LogP contribution is 2.33. The van der Waals surface area contributed by atoms with E-state index in [1.54, 1.807) is 6.07 Å². The first kappa shape index (κ1) is 11.0. The molecule has 1 aromatic rings. The molecular weight excluding hydrogens is 263 g/mol. The first-order valence-corrected chi connectivity index (χ1v) is 5.55. The Hall–Kier alpha value is -0.520. The molecule has 0 aliphatic carbocycles. The summed E-state index contributed by atoms with van der Waals surface area (Å²) in [6, 6.07) is 1.73. The average molecular weight is 275 g/mol. The molecule has 0 bridgehead atoms. The third kappa shape index (κ3) is 2.04. The molecule has 0 spiro atoms. The molecule has 2 heterocycles. The van der Waals surface area contributed by atoms with Crippen LogP contribution >= 0.6 is 15.9 Å². The van der Waals surface area contributed by atoms with Gasteiger partial charge in [-0.3, -0.25) is 4.84 Å². The Morgan fingerprint density at radius 2 is 2.47 bits per heavy atom. The number of aromatic nitrogens is 1. The summed E-state index contributed by atoms with van der Waals surface area (Å²) in [5.74, 6) is -0.453. The molecule has 82 valence electrons. The molecule has 2 atom stereocenters. The lowest BCUT2D eigenvalue weighted by molar-refractivity contribution is 0.0214. The van der Waals surface area contributed by atoms with E-state index >= 15 is 0 Å². The molecule has 1 aliphatic rings. The zero-order valence-corrected chi connectivity index (χ0v) is 10.1. The summed E-state index contributed by atoms with van der Waals surface area (Å²) < 4.78 is 14.3. The second-order valence-electron chi connectivity index (χ2n) is 4.06. The van der Waals surface area contributed by atoms with Crippen molar-refractivity contribution < 1.29 is 9.23 Å². The standard InChI is InChI=1S/C10H12BrFN2O/c1-6-4-10(2,14-15-6)8-3-7(11)5-13-9(8)12/h3,5-6,14H,4H2,1-2H3/t6-,10+/m0/s1. The van der Waals surface area contributed by atoms with Crippen LogP contribution < -0.4 is 5.48 Å². The molecule has 15 heavy (non-hydrogen) atoms. The summed E-state index contributed by atoms with van der Waals surface area (Å²) in [6.45, 7) is 3.85. The number of hydrogen-bond donors (Lipinski definition) is 1. The third-order valence-electron chi connectivity index (χ3n) is 2.58. The zero-order valence-electron chi connectivity index (χ0n) is 8.55. The quantitative estimate of drug-likeness (QED) is 0.800. The Labute approximate surface area is 96.1 Å². The average Bonchev–Trinajstić information content (AvgIpc) is 2.52. The molecule has 3 nitrogen and oxygen atoms in total. The summed E-state index contributed by atoms with van der Waals surface area (Å²) in [5, 5.41) is 0. The molecule has 1 fully saturated rings. The predicted octanol–water partition coefficient (Wildman–Crippen LogP) is 2.51. The number of hydrogen-bond acceptors (Lipinski definition) is 3. The van der Waals surface area contributed by atoms with E-state index in [0.29, 0.717) is 5.56 Å². The monoisotopic (exact) mass is 274 g/mol. The first-order valence-electron chi connectivity index (χ1n) is 4.75. The molecule has 0 amide bonds. The topological polar surface area (TPSA) is 34.2 Å². The lowest BCUT2D eigenvalue weighted by Gasteiger charge is -2.22. The molecule has 0 radical (unpaired) electrons. The van der Waals surface area contributed by atoms with Crippen molar-refractivity contribution in [2.45, 2.75) is 31.9 Å². The SMILES string of the molecule is C[C@H]1C[C@](C)(c2cc(Br)cnc2F)NO1. The molecule has 1 aliphatic heterocycles. The largest absolute Gasteiger partial charge is 0.298 e. The zero-order chi connectivity index (χ0) is 11.1. The molecule has 2 rings (SSSR count). The van der Waals surface area contributed by atoms with E-state index in [-0.39, 0.29) is 6.10 Å². The maximum atomic E-state index is 13.6. The van der Waals surface area contributed by atoms with Gasteiger partial charge in [0.25, 0.3) is 0 Å². The number of halogens is 2. The van der Waals surface area contributed by atoms with Crippen LogP contribution in [-0.4, -0.2) is 11.1 Å². The second kappa shape index (κ2) is 3.81.